The second-order valence-corrected chi connectivity index (χ2v) is 16.2. The van der Waals surface area contributed by atoms with Gasteiger partial charge in [-0.2, -0.15) is 5.06 Å². The maximum Gasteiger partial charge on any atom is 0.407 e. The Balaban J connectivity index is 0.877. The largest absolute Gasteiger partial charge is 0.453 e. The molecule has 3 amide bonds. The molecule has 2 aliphatic carbocycles. The number of ether oxygens (including phenoxy) is 2. The van der Waals surface area contributed by atoms with E-state index in [1.807, 2.05) is 22.4 Å². The van der Waals surface area contributed by atoms with E-state index in [0.717, 1.165) is 109 Å². The molecular formula is C43H51N9O6. The predicted octanol–water partition coefficient (Wildman–Crippen LogP) is 6.95. The molecule has 0 radical (unpaired) electrons. The Labute approximate surface area is 336 Å². The zero-order valence-corrected chi connectivity index (χ0v) is 33.0. The number of pyridine rings is 1. The molecule has 15 nitrogen and oxygen atoms in total. The first-order valence-corrected chi connectivity index (χ1v) is 20.7. The lowest BCUT2D eigenvalue weighted by atomic mass is 9.79. The van der Waals surface area contributed by atoms with Crippen molar-refractivity contribution in [2.75, 3.05) is 33.9 Å². The number of rotatable bonds is 12. The van der Waals surface area contributed by atoms with Gasteiger partial charge < -0.3 is 35.0 Å². The van der Waals surface area contributed by atoms with Gasteiger partial charge in [0.05, 0.1) is 56.4 Å². The third kappa shape index (κ3) is 7.60. The van der Waals surface area contributed by atoms with Crippen LogP contribution in [0.3, 0.4) is 0 Å². The number of nitrogens with one attached hydrogen (secondary N) is 4. The van der Waals surface area contributed by atoms with Gasteiger partial charge in [0.25, 0.3) is 0 Å². The minimum Gasteiger partial charge on any atom is -0.453 e. The monoisotopic (exact) mass is 789 g/mol. The molecule has 58 heavy (non-hydrogen) atoms. The number of H-pyrrole nitrogens is 2. The first kappa shape index (κ1) is 38.0. The van der Waals surface area contributed by atoms with Crippen LogP contribution in [0.25, 0.3) is 44.3 Å². The molecule has 2 saturated heterocycles. The van der Waals surface area contributed by atoms with Gasteiger partial charge in [-0.3, -0.25) is 9.63 Å². The number of carbonyl (C=O) groups is 3. The van der Waals surface area contributed by atoms with Crippen molar-refractivity contribution in [3.8, 4) is 22.4 Å². The molecule has 0 spiro atoms. The molecule has 0 bridgehead atoms. The van der Waals surface area contributed by atoms with Gasteiger partial charge in [-0.25, -0.2) is 24.5 Å². The number of likely N-dealkylation sites (tertiary alicyclic amines) is 1. The van der Waals surface area contributed by atoms with Crippen LogP contribution in [0.5, 0.6) is 0 Å². The number of aromatic nitrogens is 5. The molecule has 2 aromatic carbocycles. The summed E-state index contributed by atoms with van der Waals surface area (Å²) in [5.41, 5.74) is 5.39. The molecule has 5 aromatic rings. The van der Waals surface area contributed by atoms with Gasteiger partial charge in [0.2, 0.25) is 5.91 Å². The smallest absolute Gasteiger partial charge is 0.407 e. The number of hydrogen-bond donors (Lipinski definition) is 4. The predicted molar refractivity (Wildman–Crippen MR) is 216 cm³/mol. The van der Waals surface area contributed by atoms with E-state index in [9.17, 15) is 14.4 Å². The van der Waals surface area contributed by atoms with Gasteiger partial charge in [0, 0.05) is 30.4 Å². The molecule has 9 rings (SSSR count). The fourth-order valence-corrected chi connectivity index (χ4v) is 9.01. The third-order valence-corrected chi connectivity index (χ3v) is 12.8. The van der Waals surface area contributed by atoms with Crippen molar-refractivity contribution < 1.29 is 28.7 Å². The van der Waals surface area contributed by atoms with Gasteiger partial charge >= 0.3 is 12.2 Å². The number of carbonyl (C=O) groups excluding carboxylic acids is 3. The normalized spacial score (nSPS) is 21.1. The Kier molecular flexibility index (Phi) is 10.7. The van der Waals surface area contributed by atoms with Crippen molar-refractivity contribution in [1.82, 2.24) is 45.5 Å². The number of imidazole rings is 2. The first-order valence-electron chi connectivity index (χ1n) is 20.7. The lowest BCUT2D eigenvalue weighted by Gasteiger charge is -2.36. The Morgan fingerprint density at radius 3 is 2.19 bits per heavy atom. The number of hydroxylamine groups is 2. The first-order chi connectivity index (χ1) is 28.3. The molecule has 5 heterocycles. The number of aromatic amines is 2. The Bertz CT molecular complexity index is 2300. The Morgan fingerprint density at radius 2 is 1.45 bits per heavy atom. The van der Waals surface area contributed by atoms with E-state index in [1.165, 1.54) is 20.6 Å². The van der Waals surface area contributed by atoms with Crippen LogP contribution in [-0.2, 0) is 19.1 Å². The van der Waals surface area contributed by atoms with Crippen LogP contribution in [0.15, 0.2) is 54.9 Å². The second-order valence-electron chi connectivity index (χ2n) is 16.2. The highest BCUT2D eigenvalue weighted by Gasteiger charge is 2.41. The molecule has 4 atom stereocenters. The molecule has 3 aromatic heterocycles. The lowest BCUT2D eigenvalue weighted by Crippen LogP contribution is -2.53. The summed E-state index contributed by atoms with van der Waals surface area (Å²) in [6.45, 7) is 1.82. The van der Waals surface area contributed by atoms with E-state index >= 15 is 0 Å². The van der Waals surface area contributed by atoms with E-state index in [0.29, 0.717) is 30.5 Å². The molecule has 304 valence electrons. The van der Waals surface area contributed by atoms with E-state index in [-0.39, 0.29) is 30.0 Å². The maximum absolute atomic E-state index is 13.8. The molecule has 2 aliphatic heterocycles. The van der Waals surface area contributed by atoms with Crippen molar-refractivity contribution >= 4 is 40.0 Å². The highest BCUT2D eigenvalue weighted by Crippen LogP contribution is 2.38. The molecule has 15 heteroatoms. The van der Waals surface area contributed by atoms with E-state index in [2.05, 4.69) is 63.1 Å². The van der Waals surface area contributed by atoms with Crippen molar-refractivity contribution in [1.29, 1.82) is 0 Å². The topological polar surface area (TPSA) is 180 Å². The van der Waals surface area contributed by atoms with Crippen LogP contribution in [0.4, 0.5) is 9.59 Å². The van der Waals surface area contributed by atoms with Crippen LogP contribution in [-0.4, -0.2) is 99.0 Å². The number of methoxy groups -OCH3 is 2. The summed E-state index contributed by atoms with van der Waals surface area (Å²) in [6.07, 6.45) is 12.5. The molecule has 2 saturated carbocycles. The standard InChI is InChI=1S/C43H51N9O6/c1-56-42(54)48-34(25-7-3-8-25)24-58-52-18-6-12-36(52)39-45-23-33(47-39)30-16-15-27-19-29(14-13-28(27)20-30)31-21-32-38(44-22-31)50-40(46-32)35-11-5-17-51(35)41(53)37(26-9-4-10-26)49-43(55)57-2/h13-16,19-23,25-26,34-37H,3-12,17-18,24H2,1-2H3,(H,45,47)(H,48,54)(H,49,55)(H,44,46,50)/t34-,35+,36+,37+/m1/s1. The summed E-state index contributed by atoms with van der Waals surface area (Å²) in [5, 5.41) is 9.99. The highest BCUT2D eigenvalue weighted by molar-refractivity contribution is 5.91. The molecule has 4 N–H and O–H groups in total. The van der Waals surface area contributed by atoms with Gasteiger partial charge in [0.1, 0.15) is 17.7 Å². The van der Waals surface area contributed by atoms with Gasteiger partial charge in [-0.15, -0.1) is 0 Å². The van der Waals surface area contributed by atoms with Crippen LogP contribution in [0, 0.1) is 11.8 Å². The van der Waals surface area contributed by atoms with Crippen LogP contribution in [0.1, 0.15) is 87.9 Å². The second kappa shape index (κ2) is 16.4. The van der Waals surface area contributed by atoms with Crippen LogP contribution >= 0.6 is 0 Å². The lowest BCUT2D eigenvalue weighted by molar-refractivity contribution is -0.181. The molecule has 4 fully saturated rings. The average Bonchev–Trinajstić information content (AvgIpc) is 4.03. The SMILES string of the molecule is COC(=O)N[C@H](C(=O)N1CCC[C@H]1c1nc2ncc(-c3ccc4cc(-c5cnc([C@@H]6CCCN6OC[C@@H](NC(=O)OC)C6CCC6)[nH]5)ccc4c3)cc2[nH]1)C1CCC1. The Hall–Kier alpha value is -5.54. The number of nitrogens with zero attached hydrogens (tertiary/aromatic N) is 5. The van der Waals surface area contributed by atoms with Gasteiger partial charge in [-0.05, 0) is 97.7 Å². The van der Waals surface area contributed by atoms with Crippen molar-refractivity contribution in [3.05, 3.63) is 66.5 Å². The van der Waals surface area contributed by atoms with Crippen molar-refractivity contribution in [2.45, 2.75) is 88.4 Å². The number of alkyl carbamates (subject to hydrolysis) is 2. The van der Waals surface area contributed by atoms with E-state index in [4.69, 9.17) is 29.3 Å². The summed E-state index contributed by atoms with van der Waals surface area (Å²) < 4.78 is 9.70. The quantitative estimate of drug-likeness (QED) is 0.103. The summed E-state index contributed by atoms with van der Waals surface area (Å²) in [4.78, 5) is 67.5. The molecule has 0 unspecified atom stereocenters. The summed E-state index contributed by atoms with van der Waals surface area (Å²) in [7, 11) is 2.71. The Morgan fingerprint density at radius 1 is 0.741 bits per heavy atom. The number of benzene rings is 2. The van der Waals surface area contributed by atoms with Crippen LogP contribution in [0.2, 0.25) is 0 Å². The summed E-state index contributed by atoms with van der Waals surface area (Å²) in [5.74, 6) is 2.03. The average molecular weight is 790 g/mol. The van der Waals surface area contributed by atoms with E-state index < -0.39 is 18.2 Å². The zero-order chi connectivity index (χ0) is 39.8. The number of fused-ring (bicyclic) bond motifs is 2. The van der Waals surface area contributed by atoms with Crippen LogP contribution < -0.4 is 10.6 Å². The van der Waals surface area contributed by atoms with E-state index in [1.54, 1.807) is 0 Å². The third-order valence-electron chi connectivity index (χ3n) is 12.8. The number of amides is 3. The van der Waals surface area contributed by atoms with Gasteiger partial charge in [0.15, 0.2) is 5.65 Å². The number of hydrogen-bond acceptors (Lipinski definition) is 10. The van der Waals surface area contributed by atoms with Gasteiger partial charge in [-0.1, -0.05) is 37.1 Å². The van der Waals surface area contributed by atoms with Crippen molar-refractivity contribution in [2.24, 2.45) is 11.8 Å². The van der Waals surface area contributed by atoms with Crippen molar-refractivity contribution in [3.63, 3.8) is 0 Å². The fourth-order valence-electron chi connectivity index (χ4n) is 9.01. The minimum atomic E-state index is -0.598. The highest BCUT2D eigenvalue weighted by atomic mass is 16.7. The summed E-state index contributed by atoms with van der Waals surface area (Å²) in [6, 6.07) is 14.0. The summed E-state index contributed by atoms with van der Waals surface area (Å²) >= 11 is 0. The zero-order valence-electron chi connectivity index (χ0n) is 33.0. The minimum absolute atomic E-state index is 0.00747. The molecule has 4 aliphatic rings. The molecular weight excluding hydrogens is 739 g/mol. The fraction of sp³-hybridized carbons (Fsp3) is 0.488. The maximum atomic E-state index is 13.8.